The molecule has 0 aliphatic carbocycles. The van der Waals surface area contributed by atoms with Gasteiger partial charge in [-0.05, 0) is 26.7 Å². The van der Waals surface area contributed by atoms with Crippen LogP contribution < -0.4 is 0 Å². The van der Waals surface area contributed by atoms with Crippen molar-refractivity contribution in [2.75, 3.05) is 6.61 Å². The predicted molar refractivity (Wildman–Crippen MR) is 55.9 cm³/mol. The minimum atomic E-state index is -0.704. The number of rotatable bonds is 7. The molecule has 0 saturated carbocycles. The zero-order chi connectivity index (χ0) is 10.3. The summed E-state index contributed by atoms with van der Waals surface area (Å²) in [5, 5.41) is 9.81. The van der Waals surface area contributed by atoms with Gasteiger partial charge >= 0.3 is 0 Å². The monoisotopic (exact) mass is 188 g/mol. The Kier molecular flexibility index (Phi) is 6.35. The van der Waals surface area contributed by atoms with Gasteiger partial charge in [0, 0.05) is 6.61 Å². The second-order valence-electron chi connectivity index (χ2n) is 4.16. The highest BCUT2D eigenvalue weighted by Crippen LogP contribution is 2.18. The van der Waals surface area contributed by atoms with Crippen LogP contribution in [0.15, 0.2) is 0 Å². The minimum absolute atomic E-state index is 0.00704. The number of hydrogen-bond acceptors (Lipinski definition) is 2. The second-order valence-corrected chi connectivity index (χ2v) is 4.16. The number of hydrogen-bond donors (Lipinski definition) is 1. The lowest BCUT2D eigenvalue weighted by Gasteiger charge is -2.29. The molecule has 0 rings (SSSR count). The maximum atomic E-state index is 9.81. The molecule has 2 nitrogen and oxygen atoms in total. The highest BCUT2D eigenvalue weighted by molar-refractivity contribution is 4.77. The Morgan fingerprint density at radius 3 is 2.23 bits per heavy atom. The van der Waals surface area contributed by atoms with Crippen molar-refractivity contribution in [2.24, 2.45) is 0 Å². The lowest BCUT2D eigenvalue weighted by Crippen LogP contribution is -2.38. The Balaban J connectivity index is 3.88. The Morgan fingerprint density at radius 1 is 1.23 bits per heavy atom. The number of aliphatic hydroxyl groups is 1. The first kappa shape index (κ1) is 12.9. The fourth-order valence-corrected chi connectivity index (χ4v) is 1.29. The summed E-state index contributed by atoms with van der Waals surface area (Å²) in [4.78, 5) is 0. The van der Waals surface area contributed by atoms with Crippen molar-refractivity contribution in [3.05, 3.63) is 0 Å². The molecule has 0 spiro atoms. The molecule has 0 aliphatic heterocycles. The summed E-state index contributed by atoms with van der Waals surface area (Å²) in [6.07, 6.45) is 4.24. The lowest BCUT2D eigenvalue weighted by atomic mass is 9.97. The fraction of sp³-hybridized carbons (Fsp3) is 1.00. The van der Waals surface area contributed by atoms with Crippen LogP contribution in [0.5, 0.6) is 0 Å². The Hall–Kier alpha value is -0.0800. The lowest BCUT2D eigenvalue weighted by molar-refractivity contribution is -0.0919. The summed E-state index contributed by atoms with van der Waals surface area (Å²) in [7, 11) is 0. The summed E-state index contributed by atoms with van der Waals surface area (Å²) < 4.78 is 5.61. The molecule has 1 N–H and O–H groups in total. The largest absolute Gasteiger partial charge is 0.388 e. The maximum Gasteiger partial charge on any atom is 0.0856 e. The first-order chi connectivity index (χ1) is 6.02. The van der Waals surface area contributed by atoms with Gasteiger partial charge in [-0.3, -0.25) is 0 Å². The average Bonchev–Trinajstić information content (AvgIpc) is 2.02. The van der Waals surface area contributed by atoms with E-state index in [4.69, 9.17) is 4.74 Å². The Bertz CT molecular complexity index is 108. The molecule has 0 bridgehead atoms. The van der Waals surface area contributed by atoms with Gasteiger partial charge in [-0.15, -0.1) is 0 Å². The third-order valence-corrected chi connectivity index (χ3v) is 2.13. The van der Waals surface area contributed by atoms with Crippen LogP contribution in [0.25, 0.3) is 0 Å². The molecule has 1 atom stereocenters. The number of unbranched alkanes of at least 4 members (excludes halogenated alkanes) is 1. The molecule has 0 radical (unpaired) electrons. The Labute approximate surface area is 82.3 Å². The van der Waals surface area contributed by atoms with Crippen LogP contribution in [0.1, 0.15) is 53.4 Å². The topological polar surface area (TPSA) is 29.5 Å². The van der Waals surface area contributed by atoms with E-state index in [9.17, 15) is 5.11 Å². The molecule has 0 aromatic rings. The van der Waals surface area contributed by atoms with Gasteiger partial charge in [0.25, 0.3) is 0 Å². The highest BCUT2D eigenvalue weighted by atomic mass is 16.5. The summed E-state index contributed by atoms with van der Waals surface area (Å²) in [5.41, 5.74) is -0.704. The van der Waals surface area contributed by atoms with Crippen LogP contribution >= 0.6 is 0 Å². The van der Waals surface area contributed by atoms with Crippen molar-refractivity contribution >= 4 is 0 Å². The van der Waals surface area contributed by atoms with Crippen LogP contribution in [-0.2, 0) is 4.74 Å². The molecule has 0 aromatic heterocycles. The molecular weight excluding hydrogens is 164 g/mol. The van der Waals surface area contributed by atoms with Crippen LogP contribution in [-0.4, -0.2) is 23.4 Å². The van der Waals surface area contributed by atoms with Gasteiger partial charge in [-0.1, -0.05) is 26.7 Å². The second kappa shape index (κ2) is 6.39. The third kappa shape index (κ3) is 6.05. The number of ether oxygens (including phenoxy) is 1. The van der Waals surface area contributed by atoms with Crippen molar-refractivity contribution < 1.29 is 9.84 Å². The van der Waals surface area contributed by atoms with E-state index in [0.29, 0.717) is 0 Å². The van der Waals surface area contributed by atoms with Crippen molar-refractivity contribution in [3.63, 3.8) is 0 Å². The van der Waals surface area contributed by atoms with Crippen molar-refractivity contribution in [1.29, 1.82) is 0 Å². The standard InChI is InChI=1S/C11H24O2/c1-5-7-8-10(11(3,4)12)13-9-6-2/h10,12H,5-9H2,1-4H3. The van der Waals surface area contributed by atoms with Crippen molar-refractivity contribution in [3.8, 4) is 0 Å². The van der Waals surface area contributed by atoms with E-state index in [1.807, 2.05) is 13.8 Å². The SMILES string of the molecule is CCCCC(OCCC)C(C)(C)O. The van der Waals surface area contributed by atoms with E-state index in [0.717, 1.165) is 32.3 Å². The highest BCUT2D eigenvalue weighted by Gasteiger charge is 2.26. The van der Waals surface area contributed by atoms with Crippen LogP contribution in [0, 0.1) is 0 Å². The zero-order valence-electron chi connectivity index (χ0n) is 9.47. The molecular formula is C11H24O2. The van der Waals surface area contributed by atoms with E-state index in [1.54, 1.807) is 0 Å². The van der Waals surface area contributed by atoms with Gasteiger partial charge in [-0.2, -0.15) is 0 Å². The smallest absolute Gasteiger partial charge is 0.0856 e. The van der Waals surface area contributed by atoms with E-state index >= 15 is 0 Å². The van der Waals surface area contributed by atoms with Gasteiger partial charge < -0.3 is 9.84 Å². The first-order valence-corrected chi connectivity index (χ1v) is 5.36. The normalized spacial score (nSPS) is 14.5. The molecule has 0 aromatic carbocycles. The molecule has 0 saturated heterocycles. The van der Waals surface area contributed by atoms with Gasteiger partial charge in [0.15, 0.2) is 0 Å². The summed E-state index contributed by atoms with van der Waals surface area (Å²) >= 11 is 0. The molecule has 0 aliphatic rings. The quantitative estimate of drug-likeness (QED) is 0.665. The molecule has 80 valence electrons. The van der Waals surface area contributed by atoms with E-state index < -0.39 is 5.60 Å². The minimum Gasteiger partial charge on any atom is -0.388 e. The summed E-state index contributed by atoms with van der Waals surface area (Å²) in [5.74, 6) is 0. The summed E-state index contributed by atoms with van der Waals surface area (Å²) in [6, 6.07) is 0. The molecule has 2 heteroatoms. The van der Waals surface area contributed by atoms with Gasteiger partial charge in [0.1, 0.15) is 0 Å². The van der Waals surface area contributed by atoms with Gasteiger partial charge in [0.2, 0.25) is 0 Å². The van der Waals surface area contributed by atoms with E-state index in [-0.39, 0.29) is 6.10 Å². The molecule has 0 fully saturated rings. The Morgan fingerprint density at radius 2 is 1.85 bits per heavy atom. The van der Waals surface area contributed by atoms with Crippen LogP contribution in [0.2, 0.25) is 0 Å². The average molecular weight is 188 g/mol. The first-order valence-electron chi connectivity index (χ1n) is 5.36. The van der Waals surface area contributed by atoms with Crippen LogP contribution in [0.4, 0.5) is 0 Å². The van der Waals surface area contributed by atoms with E-state index in [1.165, 1.54) is 0 Å². The summed E-state index contributed by atoms with van der Waals surface area (Å²) in [6.45, 7) is 8.63. The predicted octanol–water partition coefficient (Wildman–Crippen LogP) is 2.74. The van der Waals surface area contributed by atoms with Crippen LogP contribution in [0.3, 0.4) is 0 Å². The van der Waals surface area contributed by atoms with Gasteiger partial charge in [-0.25, -0.2) is 0 Å². The zero-order valence-corrected chi connectivity index (χ0v) is 9.47. The third-order valence-electron chi connectivity index (χ3n) is 2.13. The molecule has 13 heavy (non-hydrogen) atoms. The molecule has 0 heterocycles. The fourth-order valence-electron chi connectivity index (χ4n) is 1.29. The molecule has 0 amide bonds. The molecule has 1 unspecified atom stereocenters. The van der Waals surface area contributed by atoms with Crippen molar-refractivity contribution in [1.82, 2.24) is 0 Å². The van der Waals surface area contributed by atoms with Crippen molar-refractivity contribution in [2.45, 2.75) is 65.1 Å². The van der Waals surface area contributed by atoms with Gasteiger partial charge in [0.05, 0.1) is 11.7 Å². The maximum absolute atomic E-state index is 9.81. The van der Waals surface area contributed by atoms with E-state index in [2.05, 4.69) is 13.8 Å².